The summed E-state index contributed by atoms with van der Waals surface area (Å²) in [6, 6.07) is 19.8. The van der Waals surface area contributed by atoms with Crippen molar-refractivity contribution in [3.8, 4) is 11.3 Å². The number of aliphatic hydroxyl groups excluding tert-OH is 2. The van der Waals surface area contributed by atoms with Crippen LogP contribution in [0, 0.1) is 28.7 Å². The van der Waals surface area contributed by atoms with Gasteiger partial charge in [0.25, 0.3) is 0 Å². The van der Waals surface area contributed by atoms with Crippen molar-refractivity contribution in [2.75, 3.05) is 0 Å². The van der Waals surface area contributed by atoms with Gasteiger partial charge in [0, 0.05) is 37.6 Å². The molecule has 197 valence electrons. The fourth-order valence-electron chi connectivity index (χ4n) is 6.32. The van der Waals surface area contributed by atoms with Crippen molar-refractivity contribution in [3.05, 3.63) is 66.4 Å². The van der Waals surface area contributed by atoms with Crippen molar-refractivity contribution in [1.29, 1.82) is 0 Å². The third kappa shape index (κ3) is 5.94. The molecule has 2 aliphatic carbocycles. The minimum Gasteiger partial charge on any atom is -0.392 e. The zero-order chi connectivity index (χ0) is 25.4. The van der Waals surface area contributed by atoms with Gasteiger partial charge in [-0.05, 0) is 58.6 Å². The summed E-state index contributed by atoms with van der Waals surface area (Å²) >= 11 is 0. The molecule has 36 heavy (non-hydrogen) atoms. The molecule has 4 unspecified atom stereocenters. The zero-order valence-corrected chi connectivity index (χ0v) is 25.0. The van der Waals surface area contributed by atoms with Crippen LogP contribution < -0.4 is 0 Å². The van der Waals surface area contributed by atoms with Gasteiger partial charge in [-0.2, -0.15) is 0 Å². The van der Waals surface area contributed by atoms with E-state index in [2.05, 4.69) is 76.9 Å². The second kappa shape index (κ2) is 11.4. The number of hydrogen-bond acceptors (Lipinski definition) is 3. The minimum absolute atomic E-state index is 0. The van der Waals surface area contributed by atoms with E-state index in [9.17, 15) is 10.2 Å². The van der Waals surface area contributed by atoms with E-state index in [0.717, 1.165) is 24.1 Å². The predicted molar refractivity (Wildman–Crippen MR) is 145 cm³/mol. The molecule has 5 rings (SSSR count). The zero-order valence-electron chi connectivity index (χ0n) is 22.6. The van der Waals surface area contributed by atoms with Crippen LogP contribution in [0.5, 0.6) is 0 Å². The number of fused-ring (bicyclic) bond motifs is 2. The molecule has 2 saturated carbocycles. The van der Waals surface area contributed by atoms with Crippen molar-refractivity contribution in [3.63, 3.8) is 0 Å². The first-order valence-corrected chi connectivity index (χ1v) is 13.2. The van der Waals surface area contributed by atoms with E-state index in [1.807, 2.05) is 30.5 Å². The number of aromatic nitrogens is 1. The van der Waals surface area contributed by atoms with Crippen LogP contribution in [0.3, 0.4) is 0 Å². The van der Waals surface area contributed by atoms with Gasteiger partial charge in [0.15, 0.2) is 0 Å². The van der Waals surface area contributed by atoms with Crippen LogP contribution in [-0.4, -0.2) is 27.4 Å². The molecular weight excluding hydrogens is 623 g/mol. The fraction of sp³-hybridized carbons (Fsp3) is 0.531. The number of benzene rings is 2. The van der Waals surface area contributed by atoms with Crippen LogP contribution in [0.15, 0.2) is 54.7 Å². The SMILES string of the molecule is CC(C)c1cccc2cc(-c3[c-]cccc3)ncc12.CC1(C)CCCC2CC(C)(C)C(O)C2C1O.[Ir]. The topological polar surface area (TPSA) is 53.4 Å². The van der Waals surface area contributed by atoms with Crippen LogP contribution in [0.2, 0.25) is 0 Å². The maximum Gasteiger partial charge on any atom is 0.0646 e. The van der Waals surface area contributed by atoms with Gasteiger partial charge in [0.2, 0.25) is 0 Å². The van der Waals surface area contributed by atoms with Crippen LogP contribution in [-0.2, 0) is 20.1 Å². The first-order chi connectivity index (χ1) is 16.5. The molecule has 3 aromatic rings. The molecule has 3 nitrogen and oxygen atoms in total. The molecule has 2 aromatic carbocycles. The van der Waals surface area contributed by atoms with Crippen molar-refractivity contribution in [2.24, 2.45) is 22.7 Å². The normalized spacial score (nSPS) is 26.4. The van der Waals surface area contributed by atoms with Gasteiger partial charge in [0.1, 0.15) is 0 Å². The molecule has 2 aliphatic rings. The van der Waals surface area contributed by atoms with E-state index in [0.29, 0.717) is 11.8 Å². The Morgan fingerprint density at radius 2 is 1.69 bits per heavy atom. The van der Waals surface area contributed by atoms with Gasteiger partial charge in [0.05, 0.1) is 12.2 Å². The van der Waals surface area contributed by atoms with Crippen LogP contribution in [0.25, 0.3) is 22.0 Å². The minimum atomic E-state index is -0.350. The second-order valence-corrected chi connectivity index (χ2v) is 12.4. The Hall–Kier alpha value is -1.58. The van der Waals surface area contributed by atoms with Crippen molar-refractivity contribution in [1.82, 2.24) is 4.98 Å². The van der Waals surface area contributed by atoms with E-state index >= 15 is 0 Å². The molecule has 4 atom stereocenters. The second-order valence-electron chi connectivity index (χ2n) is 12.4. The number of pyridine rings is 1. The molecule has 2 fully saturated rings. The summed E-state index contributed by atoms with van der Waals surface area (Å²) in [5.74, 6) is 1.12. The summed E-state index contributed by atoms with van der Waals surface area (Å²) in [5, 5.41) is 23.4. The largest absolute Gasteiger partial charge is 0.392 e. The number of hydrogen-bond donors (Lipinski definition) is 2. The Balaban J connectivity index is 0.000000198. The van der Waals surface area contributed by atoms with Crippen molar-refractivity contribution < 1.29 is 30.3 Å². The molecule has 0 bridgehead atoms. The molecular formula is C32H42IrNO2-. The molecule has 1 aromatic heterocycles. The van der Waals surface area contributed by atoms with Gasteiger partial charge in [-0.1, -0.05) is 72.2 Å². The average Bonchev–Trinajstić information content (AvgIpc) is 2.99. The third-order valence-electron chi connectivity index (χ3n) is 8.46. The van der Waals surface area contributed by atoms with Gasteiger partial charge in [-0.25, -0.2) is 0 Å². The molecule has 0 saturated heterocycles. The quantitative estimate of drug-likeness (QED) is 0.281. The van der Waals surface area contributed by atoms with E-state index in [4.69, 9.17) is 0 Å². The molecule has 0 aliphatic heterocycles. The van der Waals surface area contributed by atoms with Gasteiger partial charge >= 0.3 is 0 Å². The van der Waals surface area contributed by atoms with E-state index in [1.54, 1.807) is 0 Å². The Labute approximate surface area is 231 Å². The third-order valence-corrected chi connectivity index (χ3v) is 8.46. The molecule has 0 spiro atoms. The summed E-state index contributed by atoms with van der Waals surface area (Å²) < 4.78 is 0. The predicted octanol–water partition coefficient (Wildman–Crippen LogP) is 7.40. The van der Waals surface area contributed by atoms with Crippen LogP contribution >= 0.6 is 0 Å². The van der Waals surface area contributed by atoms with Gasteiger partial charge < -0.3 is 15.2 Å². The van der Waals surface area contributed by atoms with Crippen LogP contribution in [0.4, 0.5) is 0 Å². The van der Waals surface area contributed by atoms with Crippen molar-refractivity contribution in [2.45, 2.75) is 85.4 Å². The number of nitrogens with zero attached hydrogens (tertiary/aromatic N) is 1. The maximum atomic E-state index is 10.5. The summed E-state index contributed by atoms with van der Waals surface area (Å²) in [7, 11) is 0. The van der Waals surface area contributed by atoms with Gasteiger partial charge in [-0.15, -0.1) is 35.9 Å². The van der Waals surface area contributed by atoms with E-state index < -0.39 is 0 Å². The molecule has 2 N–H and O–H groups in total. The number of rotatable bonds is 2. The Morgan fingerprint density at radius 3 is 2.36 bits per heavy atom. The fourth-order valence-corrected chi connectivity index (χ4v) is 6.32. The van der Waals surface area contributed by atoms with Crippen LogP contribution in [0.1, 0.15) is 78.7 Å². The molecule has 4 heteroatoms. The number of aliphatic hydroxyl groups is 2. The first kappa shape index (κ1) is 29.0. The summed E-state index contributed by atoms with van der Waals surface area (Å²) in [4.78, 5) is 4.59. The van der Waals surface area contributed by atoms with E-state index in [-0.39, 0.29) is 49.1 Å². The van der Waals surface area contributed by atoms with Gasteiger partial charge in [-0.3, -0.25) is 0 Å². The molecule has 1 radical (unpaired) electrons. The summed E-state index contributed by atoms with van der Waals surface area (Å²) in [6.07, 6.45) is 5.79. The Bertz CT molecular complexity index is 1140. The van der Waals surface area contributed by atoms with E-state index in [1.165, 1.54) is 29.2 Å². The first-order valence-electron chi connectivity index (χ1n) is 13.2. The standard InChI is InChI=1S/C18H16N.C14H26O2.Ir/c1-13(2)16-10-6-9-15-11-18(19-12-17(15)16)14-7-4-3-5-8-14;1-13(2)7-5-6-9-8-14(3,4)12(16)10(9)11(13)15;/h3-7,9-13H,1-2H3;9-12,15-16H,5-8H2,1-4H3;/q-1;;. The molecule has 0 amide bonds. The Morgan fingerprint density at radius 1 is 0.972 bits per heavy atom. The Kier molecular flexibility index (Phi) is 9.21. The molecule has 1 heterocycles. The smallest absolute Gasteiger partial charge is 0.0646 e. The van der Waals surface area contributed by atoms with Crippen molar-refractivity contribution >= 4 is 10.8 Å². The maximum absolute atomic E-state index is 10.5. The summed E-state index contributed by atoms with van der Waals surface area (Å²) in [5.41, 5.74) is 3.31. The average molecular weight is 665 g/mol. The summed E-state index contributed by atoms with van der Waals surface area (Å²) in [6.45, 7) is 13.0. The monoisotopic (exact) mass is 665 g/mol.